The maximum atomic E-state index is 14.1. The maximum Gasteiger partial charge on any atom is 0.243 e. The average Bonchev–Trinajstić information content (AvgIpc) is 2.50. The molecule has 21 heavy (non-hydrogen) atoms. The number of amides is 2. The highest BCUT2D eigenvalue weighted by Gasteiger charge is 2.23. The first-order chi connectivity index (χ1) is 10.0. The molecule has 0 unspecified atom stereocenters. The molecule has 0 atom stereocenters. The van der Waals surface area contributed by atoms with Crippen molar-refractivity contribution in [3.05, 3.63) is 46.2 Å². The van der Waals surface area contributed by atoms with Gasteiger partial charge in [0, 0.05) is 31.6 Å². The fourth-order valence-electron chi connectivity index (χ4n) is 2.30. The van der Waals surface area contributed by atoms with Crippen molar-refractivity contribution in [1.29, 1.82) is 0 Å². The van der Waals surface area contributed by atoms with E-state index in [4.69, 9.17) is 0 Å². The van der Waals surface area contributed by atoms with Crippen molar-refractivity contribution in [3.8, 4) is 0 Å². The number of rotatable bonds is 4. The van der Waals surface area contributed by atoms with Crippen molar-refractivity contribution < 1.29 is 14.0 Å². The van der Waals surface area contributed by atoms with E-state index in [1.807, 2.05) is 6.07 Å². The highest BCUT2D eigenvalue weighted by Crippen LogP contribution is 2.27. The molecule has 0 spiro atoms. The fraction of sp³-hybridized carbons (Fsp3) is 0.333. The largest absolute Gasteiger partial charge is 0.352 e. The third-order valence-corrected chi connectivity index (χ3v) is 4.08. The van der Waals surface area contributed by atoms with Gasteiger partial charge in [-0.1, -0.05) is 12.6 Å². The topological polar surface area (TPSA) is 49.4 Å². The van der Waals surface area contributed by atoms with Crippen LogP contribution in [0.2, 0.25) is 0 Å². The predicted molar refractivity (Wildman–Crippen MR) is 81.0 cm³/mol. The van der Waals surface area contributed by atoms with Gasteiger partial charge in [0.2, 0.25) is 11.8 Å². The van der Waals surface area contributed by atoms with E-state index in [9.17, 15) is 14.0 Å². The molecule has 0 saturated heterocycles. The van der Waals surface area contributed by atoms with E-state index in [2.05, 4.69) is 27.8 Å². The Kier molecular flexibility index (Phi) is 5.12. The molecule has 0 radical (unpaired) electrons. The number of benzene rings is 1. The lowest BCUT2D eigenvalue weighted by molar-refractivity contribution is -0.132. The van der Waals surface area contributed by atoms with Crippen LogP contribution in [0.25, 0.3) is 0 Å². The van der Waals surface area contributed by atoms with Crippen LogP contribution in [0, 0.1) is 5.82 Å². The lowest BCUT2D eigenvalue weighted by atomic mass is 9.99. The summed E-state index contributed by atoms with van der Waals surface area (Å²) in [7, 11) is 0. The summed E-state index contributed by atoms with van der Waals surface area (Å²) >= 11 is 3.16. The number of carbonyl (C=O) groups is 2. The summed E-state index contributed by atoms with van der Waals surface area (Å²) in [6.45, 7) is 4.44. The van der Waals surface area contributed by atoms with E-state index < -0.39 is 0 Å². The molecule has 2 rings (SSSR count). The van der Waals surface area contributed by atoms with Crippen LogP contribution in [-0.4, -0.2) is 29.8 Å². The molecular formula is C15H16BrFN2O2. The zero-order valence-corrected chi connectivity index (χ0v) is 13.1. The number of carbonyl (C=O) groups excluding carboxylic acids is 2. The molecular weight excluding hydrogens is 339 g/mol. The Morgan fingerprint density at radius 2 is 2.24 bits per heavy atom. The number of nitrogens with one attached hydrogen (secondary N) is 1. The van der Waals surface area contributed by atoms with E-state index >= 15 is 0 Å². The molecule has 1 aliphatic rings. The Bertz CT molecular complexity index is 589. The van der Waals surface area contributed by atoms with Gasteiger partial charge in [-0.2, -0.15) is 0 Å². The maximum absolute atomic E-state index is 14.1. The molecule has 0 aromatic heterocycles. The van der Waals surface area contributed by atoms with Gasteiger partial charge in [-0.25, -0.2) is 4.39 Å². The molecule has 2 amide bonds. The van der Waals surface area contributed by atoms with E-state index in [1.165, 1.54) is 0 Å². The van der Waals surface area contributed by atoms with Crippen LogP contribution >= 0.6 is 15.9 Å². The molecule has 0 fully saturated rings. The molecule has 1 aromatic carbocycles. The van der Waals surface area contributed by atoms with Crippen LogP contribution in [0.5, 0.6) is 0 Å². The van der Waals surface area contributed by atoms with E-state index in [-0.39, 0.29) is 37.1 Å². The Balaban J connectivity index is 1.97. The minimum atomic E-state index is -0.304. The lowest BCUT2D eigenvalue weighted by Crippen LogP contribution is -2.38. The van der Waals surface area contributed by atoms with Gasteiger partial charge in [-0.3, -0.25) is 9.59 Å². The van der Waals surface area contributed by atoms with Crippen molar-refractivity contribution in [2.75, 3.05) is 13.1 Å². The number of nitrogens with zero attached hydrogens (tertiary/aromatic N) is 1. The molecule has 6 heteroatoms. The van der Waals surface area contributed by atoms with Crippen molar-refractivity contribution in [1.82, 2.24) is 10.2 Å². The highest BCUT2D eigenvalue weighted by atomic mass is 79.9. The quantitative estimate of drug-likeness (QED) is 0.842. The summed E-state index contributed by atoms with van der Waals surface area (Å²) in [6, 6.07) is 3.57. The number of fused-ring (bicyclic) bond motifs is 1. The summed E-state index contributed by atoms with van der Waals surface area (Å²) < 4.78 is 14.5. The Hall–Kier alpha value is -1.69. The van der Waals surface area contributed by atoms with E-state index in [1.54, 1.807) is 11.0 Å². The second-order valence-electron chi connectivity index (χ2n) is 4.81. The SMILES string of the molecule is C=CC(=O)NCCC(=O)N1CCc2ccc(Br)c(F)c2C1. The predicted octanol–water partition coefficient (Wildman–Crippen LogP) is 2.17. The fourth-order valence-corrected chi connectivity index (χ4v) is 2.67. The monoisotopic (exact) mass is 354 g/mol. The summed E-state index contributed by atoms with van der Waals surface area (Å²) in [5, 5.41) is 2.56. The summed E-state index contributed by atoms with van der Waals surface area (Å²) in [5.74, 6) is -0.698. The Morgan fingerprint density at radius 1 is 1.48 bits per heavy atom. The minimum Gasteiger partial charge on any atom is -0.352 e. The molecule has 1 aromatic rings. The van der Waals surface area contributed by atoms with E-state index in [0.29, 0.717) is 23.0 Å². The minimum absolute atomic E-state index is 0.0932. The van der Waals surface area contributed by atoms with Gasteiger partial charge >= 0.3 is 0 Å². The molecule has 1 aliphatic heterocycles. The zero-order chi connectivity index (χ0) is 15.4. The number of hydrogen-bond acceptors (Lipinski definition) is 2. The third-order valence-electron chi connectivity index (χ3n) is 3.47. The normalized spacial score (nSPS) is 13.5. The molecule has 0 bridgehead atoms. The molecule has 1 N–H and O–H groups in total. The standard InChI is InChI=1S/C15H16BrFN2O2/c1-2-13(20)18-7-5-14(21)19-8-6-10-3-4-12(16)15(17)11(10)9-19/h2-4H,1,5-9H2,(H,18,20). The van der Waals surface area contributed by atoms with Crippen LogP contribution in [-0.2, 0) is 22.6 Å². The summed E-state index contributed by atoms with van der Waals surface area (Å²) in [4.78, 5) is 24.7. The summed E-state index contributed by atoms with van der Waals surface area (Å²) in [5.41, 5.74) is 1.51. The second kappa shape index (κ2) is 6.85. The first kappa shape index (κ1) is 15.7. The van der Waals surface area contributed by atoms with Crippen molar-refractivity contribution in [3.63, 3.8) is 0 Å². The smallest absolute Gasteiger partial charge is 0.243 e. The average molecular weight is 355 g/mol. The summed E-state index contributed by atoms with van der Waals surface area (Å²) in [6.07, 6.45) is 2.00. The molecule has 1 heterocycles. The molecule has 0 saturated carbocycles. The van der Waals surface area contributed by atoms with Crippen LogP contribution in [0.1, 0.15) is 17.5 Å². The van der Waals surface area contributed by atoms with Crippen LogP contribution in [0.4, 0.5) is 4.39 Å². The van der Waals surface area contributed by atoms with Crippen LogP contribution < -0.4 is 5.32 Å². The molecule has 4 nitrogen and oxygen atoms in total. The van der Waals surface area contributed by atoms with Crippen LogP contribution in [0.15, 0.2) is 29.3 Å². The number of halogens is 2. The third kappa shape index (κ3) is 3.69. The molecule has 112 valence electrons. The van der Waals surface area contributed by atoms with Crippen molar-refractivity contribution in [2.45, 2.75) is 19.4 Å². The van der Waals surface area contributed by atoms with Gasteiger partial charge in [-0.05, 0) is 40.1 Å². The van der Waals surface area contributed by atoms with Gasteiger partial charge in [0.15, 0.2) is 0 Å². The zero-order valence-electron chi connectivity index (χ0n) is 11.5. The Morgan fingerprint density at radius 3 is 2.95 bits per heavy atom. The van der Waals surface area contributed by atoms with Crippen LogP contribution in [0.3, 0.4) is 0 Å². The Labute approximate surface area is 131 Å². The van der Waals surface area contributed by atoms with Crippen molar-refractivity contribution in [2.24, 2.45) is 0 Å². The van der Waals surface area contributed by atoms with Gasteiger partial charge in [0.25, 0.3) is 0 Å². The van der Waals surface area contributed by atoms with Gasteiger partial charge in [0.05, 0.1) is 4.47 Å². The van der Waals surface area contributed by atoms with E-state index in [0.717, 1.165) is 11.6 Å². The van der Waals surface area contributed by atoms with Crippen molar-refractivity contribution >= 4 is 27.7 Å². The lowest BCUT2D eigenvalue weighted by Gasteiger charge is -2.29. The number of hydrogen-bond donors (Lipinski definition) is 1. The first-order valence-corrected chi connectivity index (χ1v) is 7.46. The van der Waals surface area contributed by atoms with Gasteiger partial charge < -0.3 is 10.2 Å². The van der Waals surface area contributed by atoms with Gasteiger partial charge in [-0.15, -0.1) is 0 Å². The van der Waals surface area contributed by atoms with Gasteiger partial charge in [0.1, 0.15) is 5.82 Å². The second-order valence-corrected chi connectivity index (χ2v) is 5.66. The first-order valence-electron chi connectivity index (χ1n) is 6.66. The molecule has 0 aliphatic carbocycles. The highest BCUT2D eigenvalue weighted by molar-refractivity contribution is 9.10.